The number of nitrogens with one attached hydrogen (secondary N) is 1. The summed E-state index contributed by atoms with van der Waals surface area (Å²) in [5.74, 6) is 0. The molecule has 0 aromatic rings. The normalized spacial score (nSPS) is 13.5. The SMILES string of the molecule is CCCCCC(CCCCC)NC(C)CN(C)C. The van der Waals surface area contributed by atoms with Gasteiger partial charge in [-0.2, -0.15) is 0 Å². The first-order chi connectivity index (χ1) is 8.60. The molecule has 0 fully saturated rings. The van der Waals surface area contributed by atoms with Gasteiger partial charge in [0, 0.05) is 18.6 Å². The van der Waals surface area contributed by atoms with Gasteiger partial charge in [-0.05, 0) is 33.9 Å². The van der Waals surface area contributed by atoms with Crippen LogP contribution in [0.1, 0.15) is 72.1 Å². The van der Waals surface area contributed by atoms with Crippen molar-refractivity contribution in [3.8, 4) is 0 Å². The van der Waals surface area contributed by atoms with E-state index in [2.05, 4.69) is 45.1 Å². The minimum absolute atomic E-state index is 0.605. The molecule has 0 radical (unpaired) electrons. The largest absolute Gasteiger partial charge is 0.310 e. The molecule has 2 heteroatoms. The molecule has 0 aliphatic heterocycles. The fourth-order valence-electron chi connectivity index (χ4n) is 2.60. The Morgan fingerprint density at radius 3 is 1.78 bits per heavy atom. The lowest BCUT2D eigenvalue weighted by atomic mass is 10.0. The van der Waals surface area contributed by atoms with Crippen LogP contribution in [-0.4, -0.2) is 37.6 Å². The van der Waals surface area contributed by atoms with Crippen molar-refractivity contribution < 1.29 is 0 Å². The van der Waals surface area contributed by atoms with Gasteiger partial charge in [-0.3, -0.25) is 0 Å². The molecule has 0 aromatic heterocycles. The average molecular weight is 256 g/mol. The highest BCUT2D eigenvalue weighted by molar-refractivity contribution is 4.73. The molecule has 2 nitrogen and oxygen atoms in total. The molecular weight excluding hydrogens is 220 g/mol. The van der Waals surface area contributed by atoms with Crippen LogP contribution in [0.5, 0.6) is 0 Å². The maximum atomic E-state index is 3.82. The van der Waals surface area contributed by atoms with E-state index in [9.17, 15) is 0 Å². The highest BCUT2D eigenvalue weighted by Crippen LogP contribution is 2.11. The first-order valence-electron chi connectivity index (χ1n) is 8.00. The minimum atomic E-state index is 0.605. The van der Waals surface area contributed by atoms with Crippen LogP contribution >= 0.6 is 0 Å². The first-order valence-corrected chi connectivity index (χ1v) is 8.00. The lowest BCUT2D eigenvalue weighted by Crippen LogP contribution is -2.42. The molecule has 0 aromatic carbocycles. The Balaban J connectivity index is 3.93. The second-order valence-electron chi connectivity index (χ2n) is 6.02. The Labute approximate surface area is 116 Å². The molecule has 0 rings (SSSR count). The van der Waals surface area contributed by atoms with E-state index in [4.69, 9.17) is 0 Å². The van der Waals surface area contributed by atoms with Crippen LogP contribution in [0, 0.1) is 0 Å². The maximum Gasteiger partial charge on any atom is 0.0169 e. The Bertz CT molecular complexity index is 158. The van der Waals surface area contributed by atoms with E-state index >= 15 is 0 Å². The number of hydrogen-bond acceptors (Lipinski definition) is 2. The van der Waals surface area contributed by atoms with Gasteiger partial charge < -0.3 is 10.2 Å². The van der Waals surface area contributed by atoms with Crippen LogP contribution in [0.2, 0.25) is 0 Å². The molecule has 0 saturated heterocycles. The Hall–Kier alpha value is -0.0800. The summed E-state index contributed by atoms with van der Waals surface area (Å²) in [4.78, 5) is 2.27. The van der Waals surface area contributed by atoms with Gasteiger partial charge in [0.2, 0.25) is 0 Å². The zero-order chi connectivity index (χ0) is 13.8. The average Bonchev–Trinajstić information content (AvgIpc) is 2.28. The number of hydrogen-bond donors (Lipinski definition) is 1. The Morgan fingerprint density at radius 1 is 0.889 bits per heavy atom. The first kappa shape index (κ1) is 17.9. The third-order valence-electron chi connectivity index (χ3n) is 3.47. The number of rotatable bonds is 12. The minimum Gasteiger partial charge on any atom is -0.310 e. The lowest BCUT2D eigenvalue weighted by Gasteiger charge is -2.25. The second kappa shape index (κ2) is 12.0. The number of unbranched alkanes of at least 4 members (excludes halogenated alkanes) is 4. The fourth-order valence-corrected chi connectivity index (χ4v) is 2.60. The van der Waals surface area contributed by atoms with Crippen molar-refractivity contribution in [2.45, 2.75) is 84.2 Å². The van der Waals surface area contributed by atoms with Crippen molar-refractivity contribution in [3.63, 3.8) is 0 Å². The van der Waals surface area contributed by atoms with E-state index in [1.54, 1.807) is 0 Å². The summed E-state index contributed by atoms with van der Waals surface area (Å²) in [6, 6.07) is 1.34. The third kappa shape index (κ3) is 11.0. The number of likely N-dealkylation sites (N-methyl/N-ethyl adjacent to an activating group) is 1. The van der Waals surface area contributed by atoms with Gasteiger partial charge in [-0.1, -0.05) is 52.4 Å². The number of nitrogens with zero attached hydrogens (tertiary/aromatic N) is 1. The van der Waals surface area contributed by atoms with Gasteiger partial charge in [0.15, 0.2) is 0 Å². The van der Waals surface area contributed by atoms with Gasteiger partial charge in [0.05, 0.1) is 0 Å². The molecule has 1 N–H and O–H groups in total. The summed E-state index contributed by atoms with van der Waals surface area (Å²) < 4.78 is 0. The Kier molecular flexibility index (Phi) is 11.9. The molecule has 1 unspecified atom stereocenters. The summed E-state index contributed by atoms with van der Waals surface area (Å²) in [5.41, 5.74) is 0. The van der Waals surface area contributed by atoms with Gasteiger partial charge in [-0.25, -0.2) is 0 Å². The molecular formula is C16H36N2. The van der Waals surface area contributed by atoms with Crippen LogP contribution in [-0.2, 0) is 0 Å². The van der Waals surface area contributed by atoms with Gasteiger partial charge in [-0.15, -0.1) is 0 Å². The fraction of sp³-hybridized carbons (Fsp3) is 1.00. The van der Waals surface area contributed by atoms with Crippen molar-refractivity contribution in [2.75, 3.05) is 20.6 Å². The van der Waals surface area contributed by atoms with Crippen LogP contribution < -0.4 is 5.32 Å². The van der Waals surface area contributed by atoms with E-state index in [1.807, 2.05) is 0 Å². The highest BCUT2D eigenvalue weighted by Gasteiger charge is 2.12. The highest BCUT2D eigenvalue weighted by atomic mass is 15.1. The molecule has 0 saturated carbocycles. The summed E-state index contributed by atoms with van der Waals surface area (Å²) in [5, 5.41) is 3.82. The molecule has 0 bridgehead atoms. The van der Waals surface area contributed by atoms with Crippen molar-refractivity contribution in [3.05, 3.63) is 0 Å². The quantitative estimate of drug-likeness (QED) is 0.530. The van der Waals surface area contributed by atoms with E-state index in [0.29, 0.717) is 6.04 Å². The smallest absolute Gasteiger partial charge is 0.0169 e. The van der Waals surface area contributed by atoms with Crippen LogP contribution in [0.25, 0.3) is 0 Å². The van der Waals surface area contributed by atoms with Crippen molar-refractivity contribution in [1.29, 1.82) is 0 Å². The summed E-state index contributed by atoms with van der Waals surface area (Å²) in [6.45, 7) is 8.02. The summed E-state index contributed by atoms with van der Waals surface area (Å²) >= 11 is 0. The van der Waals surface area contributed by atoms with Crippen molar-refractivity contribution >= 4 is 0 Å². The van der Waals surface area contributed by atoms with Gasteiger partial charge in [0.1, 0.15) is 0 Å². The lowest BCUT2D eigenvalue weighted by molar-refractivity contribution is 0.309. The standard InChI is InChI=1S/C16H36N2/c1-6-8-10-12-16(13-11-9-7-2)17-15(3)14-18(4)5/h15-17H,6-14H2,1-5H3. The van der Waals surface area contributed by atoms with Crippen molar-refractivity contribution in [2.24, 2.45) is 0 Å². The summed E-state index contributed by atoms with van der Waals surface area (Å²) in [6.07, 6.45) is 10.9. The van der Waals surface area contributed by atoms with Crippen LogP contribution in [0.15, 0.2) is 0 Å². The van der Waals surface area contributed by atoms with E-state index in [-0.39, 0.29) is 0 Å². The molecule has 110 valence electrons. The third-order valence-corrected chi connectivity index (χ3v) is 3.47. The Morgan fingerprint density at radius 2 is 1.39 bits per heavy atom. The molecule has 0 spiro atoms. The molecule has 0 aliphatic rings. The molecule has 1 atom stereocenters. The predicted molar refractivity (Wildman–Crippen MR) is 83.2 cm³/mol. The van der Waals surface area contributed by atoms with Crippen LogP contribution in [0.4, 0.5) is 0 Å². The molecule has 0 amide bonds. The monoisotopic (exact) mass is 256 g/mol. The maximum absolute atomic E-state index is 3.82. The van der Waals surface area contributed by atoms with E-state index < -0.39 is 0 Å². The zero-order valence-electron chi connectivity index (χ0n) is 13.5. The van der Waals surface area contributed by atoms with Crippen LogP contribution in [0.3, 0.4) is 0 Å². The van der Waals surface area contributed by atoms with Crippen molar-refractivity contribution in [1.82, 2.24) is 10.2 Å². The predicted octanol–water partition coefficient (Wildman–Crippen LogP) is 4.06. The van der Waals surface area contributed by atoms with Gasteiger partial charge >= 0.3 is 0 Å². The molecule has 18 heavy (non-hydrogen) atoms. The zero-order valence-corrected chi connectivity index (χ0v) is 13.5. The molecule has 0 aliphatic carbocycles. The topological polar surface area (TPSA) is 15.3 Å². The van der Waals surface area contributed by atoms with Gasteiger partial charge in [0.25, 0.3) is 0 Å². The second-order valence-corrected chi connectivity index (χ2v) is 6.02. The van der Waals surface area contributed by atoms with E-state index in [0.717, 1.165) is 12.6 Å². The summed E-state index contributed by atoms with van der Waals surface area (Å²) in [7, 11) is 4.31. The molecule has 0 heterocycles. The van der Waals surface area contributed by atoms with E-state index in [1.165, 1.54) is 51.4 Å².